The number of benzene rings is 1. The zero-order valence-electron chi connectivity index (χ0n) is 20.8. The maximum atomic E-state index is 12.9. The van der Waals surface area contributed by atoms with E-state index in [0.29, 0.717) is 41.6 Å². The predicted octanol–water partition coefficient (Wildman–Crippen LogP) is 3.79. The summed E-state index contributed by atoms with van der Waals surface area (Å²) in [5.74, 6) is 0.251. The van der Waals surface area contributed by atoms with E-state index in [9.17, 15) is 18.0 Å². The number of amides is 2. The maximum Gasteiger partial charge on any atom is 0.255 e. The molecular weight excluding hydrogens is 530 g/mol. The molecule has 0 bridgehead atoms. The molecule has 3 aromatic rings. The minimum absolute atomic E-state index is 0.00550. The molecule has 1 saturated carbocycles. The first-order chi connectivity index (χ1) is 18.1. The Morgan fingerprint density at radius 3 is 2.58 bits per heavy atom. The van der Waals surface area contributed by atoms with Gasteiger partial charge >= 0.3 is 0 Å². The number of pyridine rings is 1. The van der Waals surface area contributed by atoms with Crippen molar-refractivity contribution in [3.8, 4) is 0 Å². The minimum atomic E-state index is -3.54. The quantitative estimate of drug-likeness (QED) is 0.427. The van der Waals surface area contributed by atoms with E-state index in [1.807, 2.05) is 4.90 Å². The van der Waals surface area contributed by atoms with Crippen LogP contribution in [0.25, 0.3) is 0 Å². The van der Waals surface area contributed by atoms with Crippen molar-refractivity contribution in [2.45, 2.75) is 42.5 Å². The topological polar surface area (TPSA) is 134 Å². The fourth-order valence-corrected chi connectivity index (χ4v) is 5.52. The monoisotopic (exact) mass is 557 g/mol. The number of nitrogens with zero attached hydrogens (tertiary/aromatic N) is 3. The van der Waals surface area contributed by atoms with Gasteiger partial charge in [-0.25, -0.2) is 18.4 Å². The number of hydrogen-bond acceptors (Lipinski definition) is 8. The van der Waals surface area contributed by atoms with Gasteiger partial charge in [-0.05, 0) is 55.9 Å². The molecule has 1 saturated heterocycles. The lowest BCUT2D eigenvalue weighted by atomic mass is 9.93. The number of anilines is 2. The van der Waals surface area contributed by atoms with Crippen molar-refractivity contribution in [2.75, 3.05) is 29.6 Å². The van der Waals surface area contributed by atoms with Crippen LogP contribution in [-0.4, -0.2) is 49.5 Å². The molecule has 1 aliphatic heterocycles. The number of hydrogen-bond donors (Lipinski definition) is 2. The number of sulfone groups is 1. The standard InChI is InChI=1S/C26H28ClN5O5S/c1-38(35,36)20-13-21(30-25(34)18-3-2-4-19(27)12-18)24(28-14-20)32-9-5-17(6-10-32)11-23(33)31-26(7-8-26)22-15-37-16-29-22/h2-4,12-17H,5-11H2,1H3,(H,30,34)(H,31,33). The molecule has 2 aliphatic rings. The Bertz CT molecular complexity index is 1450. The number of halogens is 1. The first kappa shape index (κ1) is 26.2. The summed E-state index contributed by atoms with van der Waals surface area (Å²) >= 11 is 6.03. The first-order valence-electron chi connectivity index (χ1n) is 12.3. The van der Waals surface area contributed by atoms with Crippen LogP contribution in [0.2, 0.25) is 5.02 Å². The zero-order chi connectivity index (χ0) is 26.9. The van der Waals surface area contributed by atoms with Crippen molar-refractivity contribution < 1.29 is 22.4 Å². The number of carbonyl (C=O) groups excluding carboxylic acids is 2. The van der Waals surface area contributed by atoms with Crippen LogP contribution < -0.4 is 15.5 Å². The molecule has 1 aromatic carbocycles. The smallest absolute Gasteiger partial charge is 0.255 e. The molecule has 0 spiro atoms. The number of piperidine rings is 1. The molecule has 0 atom stereocenters. The van der Waals surface area contributed by atoms with Gasteiger partial charge in [0, 0.05) is 42.5 Å². The van der Waals surface area contributed by atoms with Gasteiger partial charge in [0.2, 0.25) is 5.91 Å². The highest BCUT2D eigenvalue weighted by Gasteiger charge is 2.48. The molecule has 0 unspecified atom stereocenters. The summed E-state index contributed by atoms with van der Waals surface area (Å²) in [7, 11) is -3.54. The third-order valence-corrected chi connectivity index (χ3v) is 8.36. The van der Waals surface area contributed by atoms with Gasteiger partial charge < -0.3 is 20.0 Å². The van der Waals surface area contributed by atoms with E-state index >= 15 is 0 Å². The average Bonchev–Trinajstić information content (AvgIpc) is 3.42. The molecule has 3 heterocycles. The van der Waals surface area contributed by atoms with Gasteiger partial charge in [0.1, 0.15) is 12.0 Å². The van der Waals surface area contributed by atoms with Gasteiger partial charge in [-0.15, -0.1) is 0 Å². The summed E-state index contributed by atoms with van der Waals surface area (Å²) in [6.07, 6.45) is 8.96. The van der Waals surface area contributed by atoms with Crippen molar-refractivity contribution in [3.05, 3.63) is 65.5 Å². The SMILES string of the molecule is CS(=O)(=O)c1cnc(N2CCC(CC(=O)NC3(c4cocn4)CC3)CC2)c(NC(=O)c2cccc(Cl)c2)c1. The van der Waals surface area contributed by atoms with E-state index in [4.69, 9.17) is 16.0 Å². The summed E-state index contributed by atoms with van der Waals surface area (Å²) in [5, 5.41) is 6.36. The Balaban J connectivity index is 1.26. The van der Waals surface area contributed by atoms with Crippen molar-refractivity contribution in [1.29, 1.82) is 0 Å². The van der Waals surface area contributed by atoms with Gasteiger partial charge in [0.05, 0.1) is 16.1 Å². The largest absolute Gasteiger partial charge is 0.451 e. The molecule has 2 fully saturated rings. The van der Waals surface area contributed by atoms with Crippen LogP contribution in [0, 0.1) is 5.92 Å². The molecule has 12 heteroatoms. The van der Waals surface area contributed by atoms with Gasteiger partial charge in [0.15, 0.2) is 22.0 Å². The second kappa shape index (κ2) is 10.4. The number of oxazole rings is 1. The van der Waals surface area contributed by atoms with Gasteiger partial charge in [-0.3, -0.25) is 9.59 Å². The zero-order valence-corrected chi connectivity index (χ0v) is 22.4. The molecule has 1 aliphatic carbocycles. The Morgan fingerprint density at radius 2 is 1.95 bits per heavy atom. The van der Waals surface area contributed by atoms with E-state index < -0.39 is 21.3 Å². The van der Waals surface area contributed by atoms with Crippen molar-refractivity contribution >= 4 is 44.8 Å². The normalized spacial score (nSPS) is 17.2. The van der Waals surface area contributed by atoms with Crippen molar-refractivity contribution in [2.24, 2.45) is 5.92 Å². The van der Waals surface area contributed by atoms with Crippen LogP contribution in [0.1, 0.15) is 48.2 Å². The van der Waals surface area contributed by atoms with Crippen LogP contribution in [0.3, 0.4) is 0 Å². The lowest BCUT2D eigenvalue weighted by Crippen LogP contribution is -2.39. The third-order valence-electron chi connectivity index (χ3n) is 7.04. The third kappa shape index (κ3) is 5.83. The fourth-order valence-electron chi connectivity index (χ4n) is 4.76. The highest BCUT2D eigenvalue weighted by molar-refractivity contribution is 7.90. The fraction of sp³-hybridized carbons (Fsp3) is 0.385. The van der Waals surface area contributed by atoms with Gasteiger partial charge in [-0.1, -0.05) is 17.7 Å². The number of rotatable bonds is 8. The molecule has 38 heavy (non-hydrogen) atoms. The molecule has 200 valence electrons. The van der Waals surface area contributed by atoms with E-state index in [0.717, 1.165) is 37.6 Å². The second-order valence-electron chi connectivity index (χ2n) is 9.92. The highest BCUT2D eigenvalue weighted by Crippen LogP contribution is 2.45. The summed E-state index contributed by atoms with van der Waals surface area (Å²) in [6.45, 7) is 1.22. The molecule has 2 N–H and O–H groups in total. The maximum absolute atomic E-state index is 12.9. The molecule has 5 rings (SSSR count). The van der Waals surface area contributed by atoms with E-state index in [-0.39, 0.29) is 16.7 Å². The summed E-state index contributed by atoms with van der Waals surface area (Å²) in [4.78, 5) is 36.3. The molecule has 0 radical (unpaired) electrons. The lowest BCUT2D eigenvalue weighted by Gasteiger charge is -2.34. The van der Waals surface area contributed by atoms with Crippen LogP contribution >= 0.6 is 11.6 Å². The van der Waals surface area contributed by atoms with Gasteiger partial charge in [-0.2, -0.15) is 0 Å². The molecular formula is C26H28ClN5O5S. The summed E-state index contributed by atoms with van der Waals surface area (Å²) in [5.41, 5.74) is 1.01. The Hall–Kier alpha value is -3.44. The number of carbonyl (C=O) groups is 2. The molecule has 2 aromatic heterocycles. The van der Waals surface area contributed by atoms with E-state index in [1.54, 1.807) is 24.5 Å². The Labute approximate surface area is 225 Å². The highest BCUT2D eigenvalue weighted by atomic mass is 35.5. The van der Waals surface area contributed by atoms with Crippen LogP contribution in [0.5, 0.6) is 0 Å². The Morgan fingerprint density at radius 1 is 1.18 bits per heavy atom. The molecule has 10 nitrogen and oxygen atoms in total. The van der Waals surface area contributed by atoms with Crippen molar-refractivity contribution in [3.63, 3.8) is 0 Å². The lowest BCUT2D eigenvalue weighted by molar-refractivity contribution is -0.123. The predicted molar refractivity (Wildman–Crippen MR) is 142 cm³/mol. The van der Waals surface area contributed by atoms with E-state index in [2.05, 4.69) is 20.6 Å². The average molecular weight is 558 g/mol. The van der Waals surface area contributed by atoms with Crippen LogP contribution in [-0.2, 0) is 20.2 Å². The van der Waals surface area contributed by atoms with Crippen molar-refractivity contribution in [1.82, 2.24) is 15.3 Å². The summed E-state index contributed by atoms with van der Waals surface area (Å²) in [6, 6.07) is 7.92. The van der Waals surface area contributed by atoms with Crippen LogP contribution in [0.15, 0.2) is 58.5 Å². The van der Waals surface area contributed by atoms with E-state index in [1.165, 1.54) is 24.7 Å². The number of aromatic nitrogens is 2. The van der Waals surface area contributed by atoms with Gasteiger partial charge in [0.25, 0.3) is 5.91 Å². The second-order valence-corrected chi connectivity index (χ2v) is 12.4. The minimum Gasteiger partial charge on any atom is -0.451 e. The Kier molecular flexibility index (Phi) is 7.15. The summed E-state index contributed by atoms with van der Waals surface area (Å²) < 4.78 is 29.4. The van der Waals surface area contributed by atoms with Crippen LogP contribution in [0.4, 0.5) is 11.5 Å². The first-order valence-corrected chi connectivity index (χ1v) is 14.6. The number of nitrogens with one attached hydrogen (secondary N) is 2. The molecule has 2 amide bonds.